The van der Waals surface area contributed by atoms with Gasteiger partial charge in [0, 0.05) is 11.4 Å². The van der Waals surface area contributed by atoms with E-state index in [2.05, 4.69) is 15.2 Å². The minimum atomic E-state index is -0.162. The second-order valence-electron chi connectivity index (χ2n) is 5.07. The van der Waals surface area contributed by atoms with Gasteiger partial charge in [0.25, 0.3) is 0 Å². The molecule has 3 rings (SSSR count). The van der Waals surface area contributed by atoms with E-state index >= 15 is 0 Å². The van der Waals surface area contributed by atoms with Crippen molar-refractivity contribution in [3.8, 4) is 0 Å². The third kappa shape index (κ3) is 3.90. The average molecular weight is 376 g/mol. The zero-order valence-electron chi connectivity index (χ0n) is 12.3. The van der Waals surface area contributed by atoms with E-state index in [1.165, 1.54) is 11.8 Å². The highest BCUT2D eigenvalue weighted by atomic mass is 35.5. The maximum Gasteiger partial charge on any atom is 0.234 e. The van der Waals surface area contributed by atoms with Gasteiger partial charge in [-0.25, -0.2) is 9.84 Å². The number of aliphatic imine (C=N–C) groups is 1. The quantitative estimate of drug-likeness (QED) is 0.719. The molecule has 1 N–H and O–H groups in total. The average Bonchev–Trinajstić information content (AvgIpc) is 2.97. The highest BCUT2D eigenvalue weighted by molar-refractivity contribution is 8.14. The Bertz CT molecular complexity index is 890. The molecular formula is C17H11Cl2N3OS. The summed E-state index contributed by atoms with van der Waals surface area (Å²) in [5.41, 5.74) is 2.99. The number of rotatable bonds is 3. The van der Waals surface area contributed by atoms with Crippen molar-refractivity contribution in [2.75, 3.05) is 11.1 Å². The summed E-state index contributed by atoms with van der Waals surface area (Å²) in [5, 5.41) is 4.54. The summed E-state index contributed by atoms with van der Waals surface area (Å²) in [6.45, 7) is 7.03. The van der Waals surface area contributed by atoms with E-state index in [-0.39, 0.29) is 11.7 Å². The molecule has 0 bridgehead atoms. The summed E-state index contributed by atoms with van der Waals surface area (Å²) < 4.78 is 0. The van der Waals surface area contributed by atoms with E-state index < -0.39 is 0 Å². The van der Waals surface area contributed by atoms with Crippen LogP contribution in [-0.2, 0) is 11.2 Å². The van der Waals surface area contributed by atoms with Crippen LogP contribution in [0.2, 0.25) is 10.0 Å². The lowest BCUT2D eigenvalue weighted by Crippen LogP contribution is -2.15. The number of halogens is 2. The van der Waals surface area contributed by atoms with Crippen LogP contribution in [0.5, 0.6) is 0 Å². The molecule has 0 saturated carbocycles. The molecule has 0 radical (unpaired) electrons. The maximum atomic E-state index is 12.1. The van der Waals surface area contributed by atoms with Crippen molar-refractivity contribution in [2.45, 2.75) is 6.42 Å². The van der Waals surface area contributed by atoms with E-state index in [1.807, 2.05) is 6.07 Å². The van der Waals surface area contributed by atoms with E-state index in [0.29, 0.717) is 27.8 Å². The number of benzene rings is 2. The second-order valence-corrected chi connectivity index (χ2v) is 6.96. The summed E-state index contributed by atoms with van der Waals surface area (Å²) in [6, 6.07) is 10.4. The molecule has 0 unspecified atom stereocenters. The Kier molecular flexibility index (Phi) is 5.10. The molecule has 0 aliphatic carbocycles. The molecule has 4 nitrogen and oxygen atoms in total. The van der Waals surface area contributed by atoms with Gasteiger partial charge in [-0.15, -0.1) is 11.8 Å². The molecule has 2 aromatic rings. The number of nitrogens with one attached hydrogen (secondary N) is 1. The minimum Gasteiger partial charge on any atom is -0.324 e. The highest BCUT2D eigenvalue weighted by Gasteiger charge is 2.17. The lowest BCUT2D eigenvalue weighted by Gasteiger charge is -2.07. The number of nitrogens with zero attached hydrogens (tertiary/aromatic N) is 2. The zero-order chi connectivity index (χ0) is 17.1. The fourth-order valence-corrected chi connectivity index (χ4v) is 3.47. The highest BCUT2D eigenvalue weighted by Crippen LogP contribution is 2.33. The monoisotopic (exact) mass is 375 g/mol. The van der Waals surface area contributed by atoms with Gasteiger partial charge in [0.1, 0.15) is 0 Å². The van der Waals surface area contributed by atoms with Gasteiger partial charge >= 0.3 is 0 Å². The number of hydrogen-bond donors (Lipinski definition) is 1. The van der Waals surface area contributed by atoms with Gasteiger partial charge in [0.2, 0.25) is 5.91 Å². The van der Waals surface area contributed by atoms with Crippen LogP contribution in [0.25, 0.3) is 4.85 Å². The molecule has 1 heterocycles. The number of carbonyl (C=O) groups excluding carboxylic acids is 1. The zero-order valence-corrected chi connectivity index (χ0v) is 14.7. The molecule has 0 aromatic heterocycles. The molecule has 0 saturated heterocycles. The largest absolute Gasteiger partial charge is 0.324 e. The van der Waals surface area contributed by atoms with Gasteiger partial charge in [-0.2, -0.15) is 0 Å². The van der Waals surface area contributed by atoms with E-state index in [0.717, 1.165) is 16.3 Å². The molecule has 24 heavy (non-hydrogen) atoms. The Morgan fingerprint density at radius 3 is 2.88 bits per heavy atom. The molecule has 7 heteroatoms. The van der Waals surface area contributed by atoms with Crippen LogP contribution in [0.1, 0.15) is 5.56 Å². The SMILES string of the molecule is [C-]#[N+]c1ccc2c(c1)N=C(SCC(=O)Nc1ccc(Cl)cc1Cl)C2. The fourth-order valence-electron chi connectivity index (χ4n) is 2.22. The molecule has 120 valence electrons. The lowest BCUT2D eigenvalue weighted by molar-refractivity contribution is -0.113. The maximum absolute atomic E-state index is 12.1. The van der Waals surface area contributed by atoms with Crippen LogP contribution in [0, 0.1) is 6.57 Å². The summed E-state index contributed by atoms with van der Waals surface area (Å²) in [4.78, 5) is 19.9. The van der Waals surface area contributed by atoms with Crippen LogP contribution >= 0.6 is 35.0 Å². The van der Waals surface area contributed by atoms with Gasteiger partial charge in [0.15, 0.2) is 5.69 Å². The van der Waals surface area contributed by atoms with Crippen molar-refractivity contribution in [1.82, 2.24) is 0 Å². The molecule has 2 aromatic carbocycles. The Labute approximate surface area is 153 Å². The van der Waals surface area contributed by atoms with Crippen molar-refractivity contribution in [3.63, 3.8) is 0 Å². The van der Waals surface area contributed by atoms with Gasteiger partial charge in [0.05, 0.1) is 33.8 Å². The first-order valence-electron chi connectivity index (χ1n) is 7.01. The lowest BCUT2D eigenvalue weighted by atomic mass is 10.1. The number of carbonyl (C=O) groups is 1. The topological polar surface area (TPSA) is 45.8 Å². The standard InChI is InChI=1S/C17H11Cl2N3OS/c1-20-12-4-2-10-6-17(22-15(10)8-12)24-9-16(23)21-14-5-3-11(18)7-13(14)19/h2-5,7-8H,6,9H2,(H,21,23). The van der Waals surface area contributed by atoms with E-state index in [1.54, 1.807) is 30.3 Å². The molecule has 1 amide bonds. The van der Waals surface area contributed by atoms with Crippen molar-refractivity contribution < 1.29 is 4.79 Å². The number of hydrogen-bond acceptors (Lipinski definition) is 3. The Balaban J connectivity index is 1.58. The minimum absolute atomic E-state index is 0.162. The van der Waals surface area contributed by atoms with Crippen molar-refractivity contribution in [2.24, 2.45) is 4.99 Å². The van der Waals surface area contributed by atoms with Crippen LogP contribution in [-0.4, -0.2) is 16.7 Å². The van der Waals surface area contributed by atoms with E-state index in [9.17, 15) is 4.79 Å². The van der Waals surface area contributed by atoms with E-state index in [4.69, 9.17) is 29.8 Å². The van der Waals surface area contributed by atoms with Crippen molar-refractivity contribution >= 4 is 63.0 Å². The van der Waals surface area contributed by atoms with Gasteiger partial charge in [-0.05, 0) is 29.8 Å². The second kappa shape index (κ2) is 7.27. The fraction of sp³-hybridized carbons (Fsp3) is 0.118. The molecule has 0 fully saturated rings. The first-order valence-corrected chi connectivity index (χ1v) is 8.75. The van der Waals surface area contributed by atoms with Crippen molar-refractivity contribution in [3.05, 3.63) is 63.4 Å². The Hall–Kier alpha value is -2.00. The van der Waals surface area contributed by atoms with Gasteiger partial charge in [-0.1, -0.05) is 35.3 Å². The van der Waals surface area contributed by atoms with Gasteiger partial charge < -0.3 is 5.32 Å². The number of thioether (sulfide) groups is 1. The smallest absolute Gasteiger partial charge is 0.234 e. The predicted molar refractivity (Wildman–Crippen MR) is 101 cm³/mol. The first kappa shape index (κ1) is 16.8. The third-order valence-corrected chi connectivity index (χ3v) is 4.88. The normalized spacial score (nSPS) is 12.3. The molecule has 1 aliphatic heterocycles. The summed E-state index contributed by atoms with van der Waals surface area (Å²) in [6.07, 6.45) is 0.688. The third-order valence-electron chi connectivity index (χ3n) is 3.36. The predicted octanol–water partition coefficient (Wildman–Crippen LogP) is 5.50. The molecule has 0 atom stereocenters. The number of anilines is 1. The van der Waals surface area contributed by atoms with Crippen LogP contribution in [0.3, 0.4) is 0 Å². The Morgan fingerprint density at radius 1 is 1.29 bits per heavy atom. The van der Waals surface area contributed by atoms with Crippen LogP contribution < -0.4 is 5.32 Å². The number of amides is 1. The van der Waals surface area contributed by atoms with Crippen LogP contribution in [0.4, 0.5) is 17.1 Å². The van der Waals surface area contributed by atoms with Crippen LogP contribution in [0.15, 0.2) is 41.4 Å². The summed E-state index contributed by atoms with van der Waals surface area (Å²) in [5.74, 6) is 0.0753. The molecular weight excluding hydrogens is 365 g/mol. The summed E-state index contributed by atoms with van der Waals surface area (Å²) >= 11 is 13.2. The first-order chi connectivity index (χ1) is 11.5. The molecule has 1 aliphatic rings. The molecule has 0 spiro atoms. The van der Waals surface area contributed by atoms with Crippen molar-refractivity contribution in [1.29, 1.82) is 0 Å². The van der Waals surface area contributed by atoms with Gasteiger partial charge in [-0.3, -0.25) is 4.79 Å². The summed E-state index contributed by atoms with van der Waals surface area (Å²) in [7, 11) is 0. The Morgan fingerprint density at radius 2 is 2.12 bits per heavy atom. The number of fused-ring (bicyclic) bond motifs is 1.